The van der Waals surface area contributed by atoms with Crippen molar-refractivity contribution in [3.05, 3.63) is 35.9 Å². The van der Waals surface area contributed by atoms with Crippen LogP contribution >= 0.6 is 0 Å². The Balaban J connectivity index is 1.56. The maximum atomic E-state index is 12.6. The molecule has 0 bridgehead atoms. The van der Waals surface area contributed by atoms with E-state index < -0.39 is 17.7 Å². The van der Waals surface area contributed by atoms with Crippen LogP contribution in [0, 0.1) is 0 Å². The summed E-state index contributed by atoms with van der Waals surface area (Å²) in [5.41, 5.74) is 0.316. The molecule has 0 aliphatic carbocycles. The van der Waals surface area contributed by atoms with Crippen LogP contribution in [0.4, 0.5) is 4.79 Å². The van der Waals surface area contributed by atoms with Gasteiger partial charge in [0.25, 0.3) is 5.91 Å². The van der Waals surface area contributed by atoms with E-state index in [0.717, 1.165) is 24.8 Å². The van der Waals surface area contributed by atoms with E-state index in [0.29, 0.717) is 19.6 Å². The topological polar surface area (TPSA) is 86.3 Å². The lowest BCUT2D eigenvalue weighted by Crippen LogP contribution is -2.70. The van der Waals surface area contributed by atoms with Crippen molar-refractivity contribution in [3.63, 3.8) is 0 Å². The third-order valence-corrected chi connectivity index (χ3v) is 4.91. The first-order valence-corrected chi connectivity index (χ1v) is 10.6. The highest BCUT2D eigenvalue weighted by Crippen LogP contribution is 2.26. The highest BCUT2D eigenvalue weighted by molar-refractivity contribution is 5.91. The third kappa shape index (κ3) is 6.42. The van der Waals surface area contributed by atoms with Gasteiger partial charge in [-0.25, -0.2) is 9.86 Å². The van der Waals surface area contributed by atoms with Crippen LogP contribution in [0.3, 0.4) is 0 Å². The van der Waals surface area contributed by atoms with Gasteiger partial charge in [0.15, 0.2) is 6.29 Å². The Morgan fingerprint density at radius 1 is 1.23 bits per heavy atom. The zero-order chi connectivity index (χ0) is 21.6. The summed E-state index contributed by atoms with van der Waals surface area (Å²) in [6, 6.07) is 8.58. The molecule has 0 saturated carbocycles. The molecule has 2 aliphatic heterocycles. The van der Waals surface area contributed by atoms with Crippen molar-refractivity contribution in [2.24, 2.45) is 0 Å². The zero-order valence-corrected chi connectivity index (χ0v) is 18.0. The average molecular weight is 421 g/mol. The fourth-order valence-corrected chi connectivity index (χ4v) is 3.44. The van der Waals surface area contributed by atoms with Gasteiger partial charge in [-0.05, 0) is 52.0 Å². The lowest BCUT2D eigenvalue weighted by Gasteiger charge is -2.45. The quantitative estimate of drug-likeness (QED) is 0.650. The third-order valence-electron chi connectivity index (χ3n) is 4.91. The van der Waals surface area contributed by atoms with E-state index in [4.69, 9.17) is 19.0 Å². The van der Waals surface area contributed by atoms with E-state index in [1.54, 1.807) is 20.8 Å². The van der Waals surface area contributed by atoms with Crippen molar-refractivity contribution < 1.29 is 28.6 Å². The first-order chi connectivity index (χ1) is 14.3. The average Bonchev–Trinajstić information content (AvgIpc) is 2.71. The molecule has 2 saturated heterocycles. The van der Waals surface area contributed by atoms with Crippen LogP contribution in [0.2, 0.25) is 0 Å². The largest absolute Gasteiger partial charge is 0.444 e. The molecule has 0 aromatic heterocycles. The lowest BCUT2D eigenvalue weighted by molar-refractivity contribution is -0.245. The first kappa shape index (κ1) is 22.5. The van der Waals surface area contributed by atoms with Crippen LogP contribution in [0.15, 0.2) is 30.3 Å². The number of alkyl carbamates (subject to hydrolysis) is 1. The molecule has 0 radical (unpaired) electrons. The van der Waals surface area contributed by atoms with Gasteiger partial charge in [-0.15, -0.1) is 0 Å². The van der Waals surface area contributed by atoms with Gasteiger partial charge < -0.3 is 19.5 Å². The number of hydroxylamine groups is 2. The molecule has 2 aliphatic rings. The van der Waals surface area contributed by atoms with Gasteiger partial charge >= 0.3 is 6.09 Å². The van der Waals surface area contributed by atoms with Gasteiger partial charge in [0, 0.05) is 6.61 Å². The lowest BCUT2D eigenvalue weighted by atomic mass is 9.95. The molecule has 3 rings (SSSR count). The van der Waals surface area contributed by atoms with Crippen molar-refractivity contribution in [1.29, 1.82) is 0 Å². The van der Waals surface area contributed by atoms with Crippen molar-refractivity contribution >= 4 is 12.0 Å². The summed E-state index contributed by atoms with van der Waals surface area (Å²) in [5.74, 6) is -0.296. The number of nitrogens with zero attached hydrogens (tertiary/aromatic N) is 1. The number of rotatable bonds is 8. The number of carbonyl (C=O) groups is 2. The molecule has 1 unspecified atom stereocenters. The van der Waals surface area contributed by atoms with Gasteiger partial charge in [0.1, 0.15) is 18.2 Å². The summed E-state index contributed by atoms with van der Waals surface area (Å²) in [6.45, 7) is 6.72. The Morgan fingerprint density at radius 3 is 2.67 bits per heavy atom. The highest BCUT2D eigenvalue weighted by Gasteiger charge is 2.49. The molecule has 3 atom stereocenters. The molecule has 2 fully saturated rings. The predicted octanol–water partition coefficient (Wildman–Crippen LogP) is 3.16. The van der Waals surface area contributed by atoms with Gasteiger partial charge in [0.2, 0.25) is 0 Å². The number of amides is 2. The van der Waals surface area contributed by atoms with Crippen molar-refractivity contribution in [2.45, 2.75) is 77.0 Å². The van der Waals surface area contributed by atoms with Crippen molar-refractivity contribution in [2.75, 3.05) is 13.2 Å². The second kappa shape index (κ2) is 10.2. The Hall–Kier alpha value is -2.16. The molecule has 1 aromatic rings. The SMILES string of the molecule is CC(C)(C)OC(=O)N[C@@H]1C(=O)N(OCc2ccccc2)[C@@H]1CCOC1CCCCO1. The Kier molecular flexibility index (Phi) is 7.69. The molecular weight excluding hydrogens is 388 g/mol. The van der Waals surface area contributed by atoms with Crippen LogP contribution in [0.25, 0.3) is 0 Å². The molecule has 8 nitrogen and oxygen atoms in total. The minimum absolute atomic E-state index is 0.203. The van der Waals surface area contributed by atoms with E-state index in [2.05, 4.69) is 5.32 Å². The molecule has 2 heterocycles. The summed E-state index contributed by atoms with van der Waals surface area (Å²) in [7, 11) is 0. The molecule has 8 heteroatoms. The maximum Gasteiger partial charge on any atom is 0.408 e. The number of hydrogen-bond acceptors (Lipinski definition) is 6. The molecule has 0 spiro atoms. The van der Waals surface area contributed by atoms with Gasteiger partial charge in [0.05, 0.1) is 12.6 Å². The Morgan fingerprint density at radius 2 is 2.00 bits per heavy atom. The predicted molar refractivity (Wildman–Crippen MR) is 109 cm³/mol. The molecular formula is C22H32N2O6. The van der Waals surface area contributed by atoms with Crippen LogP contribution in [0.5, 0.6) is 0 Å². The molecule has 1 aromatic carbocycles. The molecule has 2 amide bonds. The molecule has 166 valence electrons. The van der Waals surface area contributed by atoms with Gasteiger partial charge in [-0.3, -0.25) is 9.63 Å². The minimum Gasteiger partial charge on any atom is -0.444 e. The summed E-state index contributed by atoms with van der Waals surface area (Å²) >= 11 is 0. The number of nitrogens with one attached hydrogen (secondary N) is 1. The first-order valence-electron chi connectivity index (χ1n) is 10.6. The number of β-lactam (4-membered cyclic amide) rings is 1. The van der Waals surface area contributed by atoms with E-state index >= 15 is 0 Å². The van der Waals surface area contributed by atoms with Crippen LogP contribution in [0.1, 0.15) is 52.0 Å². The second-order valence-electron chi connectivity index (χ2n) is 8.57. The normalized spacial score (nSPS) is 24.3. The maximum absolute atomic E-state index is 12.6. The fraction of sp³-hybridized carbons (Fsp3) is 0.636. The summed E-state index contributed by atoms with van der Waals surface area (Å²) in [6.07, 6.45) is 2.70. The number of hydrogen-bond donors (Lipinski definition) is 1. The monoisotopic (exact) mass is 420 g/mol. The van der Waals surface area contributed by atoms with E-state index in [9.17, 15) is 9.59 Å². The smallest absolute Gasteiger partial charge is 0.408 e. The molecule has 30 heavy (non-hydrogen) atoms. The number of carbonyl (C=O) groups excluding carboxylic acids is 2. The number of benzene rings is 1. The van der Waals surface area contributed by atoms with Crippen molar-refractivity contribution in [3.8, 4) is 0 Å². The zero-order valence-electron chi connectivity index (χ0n) is 18.0. The highest BCUT2D eigenvalue weighted by atomic mass is 16.7. The molecule has 1 N–H and O–H groups in total. The van der Waals surface area contributed by atoms with Crippen molar-refractivity contribution in [1.82, 2.24) is 10.4 Å². The van der Waals surface area contributed by atoms with Crippen LogP contribution in [-0.4, -0.2) is 54.3 Å². The number of ether oxygens (including phenoxy) is 3. The minimum atomic E-state index is -0.702. The van der Waals surface area contributed by atoms with E-state index in [-0.39, 0.29) is 24.8 Å². The van der Waals surface area contributed by atoms with Crippen LogP contribution < -0.4 is 5.32 Å². The summed E-state index contributed by atoms with van der Waals surface area (Å²) in [4.78, 5) is 30.5. The Bertz CT molecular complexity index is 699. The van der Waals surface area contributed by atoms with Gasteiger partial charge in [-0.2, -0.15) is 0 Å². The standard InChI is InChI=1S/C22H32N2O6/c1-22(2,3)30-21(26)23-19-17(12-14-28-18-11-7-8-13-27-18)24(20(19)25)29-15-16-9-5-4-6-10-16/h4-6,9-10,17-19H,7-8,11-15H2,1-3H3,(H,23,26)/t17-,18?,19+/m1/s1. The van der Waals surface area contributed by atoms with Gasteiger partial charge in [-0.1, -0.05) is 30.3 Å². The summed E-state index contributed by atoms with van der Waals surface area (Å²) in [5, 5.41) is 4.00. The fourth-order valence-electron chi connectivity index (χ4n) is 3.44. The summed E-state index contributed by atoms with van der Waals surface area (Å²) < 4.78 is 16.7. The van der Waals surface area contributed by atoms with E-state index in [1.807, 2.05) is 30.3 Å². The van der Waals surface area contributed by atoms with E-state index in [1.165, 1.54) is 5.06 Å². The second-order valence-corrected chi connectivity index (χ2v) is 8.57. The van der Waals surface area contributed by atoms with Crippen LogP contribution in [-0.2, 0) is 30.4 Å². The Labute approximate surface area is 177 Å².